The van der Waals surface area contributed by atoms with Gasteiger partial charge in [0.25, 0.3) is 0 Å². The minimum Gasteiger partial charge on any atom is -0.179 e. The molecule has 1 aromatic carbocycles. The number of benzene rings is 1. The first-order valence-electron chi connectivity index (χ1n) is 7.16. The summed E-state index contributed by atoms with van der Waals surface area (Å²) in [6.45, 7) is 0. The molecule has 0 N–H and O–H groups in total. The van der Waals surface area contributed by atoms with Crippen LogP contribution in [0, 0.1) is 0 Å². The third-order valence-electron chi connectivity index (χ3n) is 3.06. The zero-order valence-corrected chi connectivity index (χ0v) is 13.0. The Balaban J connectivity index is 1.82. The summed E-state index contributed by atoms with van der Waals surface area (Å²) < 4.78 is 0. The van der Waals surface area contributed by atoms with Gasteiger partial charge >= 0.3 is 0 Å². The highest BCUT2D eigenvalue weighted by Gasteiger charge is 1.94. The van der Waals surface area contributed by atoms with Crippen LogP contribution in [0.25, 0.3) is 0 Å². The fourth-order valence-corrected chi connectivity index (χ4v) is 3.17. The molecule has 0 aliphatic rings. The summed E-state index contributed by atoms with van der Waals surface area (Å²) in [6, 6.07) is 10.8. The standard InChI is InChI=1S/C16H26S2/c17-13-9-4-2-1-3-5-10-14-18-15-16-11-7-6-8-12-16/h6-8,11-12,17H,1-5,9-10,13-15H2. The van der Waals surface area contributed by atoms with Crippen LogP contribution in [0.4, 0.5) is 0 Å². The Morgan fingerprint density at radius 1 is 0.778 bits per heavy atom. The van der Waals surface area contributed by atoms with Gasteiger partial charge in [0, 0.05) is 5.75 Å². The highest BCUT2D eigenvalue weighted by atomic mass is 32.2. The normalized spacial score (nSPS) is 10.7. The molecule has 0 saturated carbocycles. The van der Waals surface area contributed by atoms with E-state index in [-0.39, 0.29) is 0 Å². The van der Waals surface area contributed by atoms with E-state index in [2.05, 4.69) is 54.7 Å². The van der Waals surface area contributed by atoms with Crippen LogP contribution >= 0.6 is 24.4 Å². The lowest BCUT2D eigenvalue weighted by Gasteiger charge is -2.03. The summed E-state index contributed by atoms with van der Waals surface area (Å²) in [7, 11) is 0. The van der Waals surface area contributed by atoms with Crippen LogP contribution in [0.15, 0.2) is 30.3 Å². The lowest BCUT2D eigenvalue weighted by atomic mass is 10.1. The number of hydrogen-bond acceptors (Lipinski definition) is 2. The van der Waals surface area contributed by atoms with Crippen molar-refractivity contribution < 1.29 is 0 Å². The van der Waals surface area contributed by atoms with Crippen molar-refractivity contribution in [3.8, 4) is 0 Å². The van der Waals surface area contributed by atoms with Gasteiger partial charge in [-0.2, -0.15) is 24.4 Å². The molecule has 0 atom stereocenters. The SMILES string of the molecule is SCCCCCCCCCSCc1ccccc1. The Hall–Kier alpha value is -0.0800. The monoisotopic (exact) mass is 282 g/mol. The van der Waals surface area contributed by atoms with Gasteiger partial charge in [0.2, 0.25) is 0 Å². The third-order valence-corrected chi connectivity index (χ3v) is 4.49. The first-order valence-corrected chi connectivity index (χ1v) is 8.94. The Kier molecular flexibility index (Phi) is 10.6. The van der Waals surface area contributed by atoms with Crippen molar-refractivity contribution in [2.24, 2.45) is 0 Å². The number of rotatable bonds is 11. The first-order chi connectivity index (χ1) is 8.93. The Bertz CT molecular complexity index is 272. The number of thioether (sulfide) groups is 1. The second-order valence-electron chi connectivity index (χ2n) is 4.74. The lowest BCUT2D eigenvalue weighted by molar-refractivity contribution is 0.605. The predicted octanol–water partition coefficient (Wildman–Crippen LogP) is 5.58. The molecule has 0 bridgehead atoms. The fourth-order valence-electron chi connectivity index (χ4n) is 1.96. The van der Waals surface area contributed by atoms with Gasteiger partial charge in [0.15, 0.2) is 0 Å². The van der Waals surface area contributed by atoms with E-state index in [9.17, 15) is 0 Å². The van der Waals surface area contributed by atoms with Crippen molar-refractivity contribution >= 4 is 24.4 Å². The van der Waals surface area contributed by atoms with Crippen LogP contribution in [0.1, 0.15) is 50.5 Å². The molecule has 0 amide bonds. The molecule has 1 aromatic rings. The molecule has 0 aliphatic heterocycles. The van der Waals surface area contributed by atoms with Crippen molar-refractivity contribution in [1.82, 2.24) is 0 Å². The molecule has 0 fully saturated rings. The molecule has 0 radical (unpaired) electrons. The zero-order chi connectivity index (χ0) is 12.9. The minimum absolute atomic E-state index is 1.05. The maximum atomic E-state index is 4.23. The van der Waals surface area contributed by atoms with Gasteiger partial charge in [-0.15, -0.1) is 0 Å². The largest absolute Gasteiger partial charge is 0.179 e. The Morgan fingerprint density at radius 3 is 2.06 bits per heavy atom. The van der Waals surface area contributed by atoms with Crippen molar-refractivity contribution in [1.29, 1.82) is 0 Å². The van der Waals surface area contributed by atoms with E-state index in [0.29, 0.717) is 0 Å². The summed E-state index contributed by atoms with van der Waals surface area (Å²) in [6.07, 6.45) is 9.67. The van der Waals surface area contributed by atoms with Gasteiger partial charge in [-0.3, -0.25) is 0 Å². The highest BCUT2D eigenvalue weighted by molar-refractivity contribution is 7.98. The molecule has 0 heterocycles. The number of thiol groups is 1. The van der Waals surface area contributed by atoms with E-state index in [4.69, 9.17) is 0 Å². The second-order valence-corrected chi connectivity index (χ2v) is 6.29. The van der Waals surface area contributed by atoms with Crippen LogP contribution in [-0.4, -0.2) is 11.5 Å². The summed E-state index contributed by atoms with van der Waals surface area (Å²) >= 11 is 6.30. The van der Waals surface area contributed by atoms with Gasteiger partial charge in [-0.25, -0.2) is 0 Å². The average Bonchev–Trinajstić information content (AvgIpc) is 2.42. The van der Waals surface area contributed by atoms with Crippen molar-refractivity contribution in [3.63, 3.8) is 0 Å². The van der Waals surface area contributed by atoms with Gasteiger partial charge in [-0.1, -0.05) is 62.4 Å². The van der Waals surface area contributed by atoms with Crippen molar-refractivity contribution in [2.45, 2.75) is 50.7 Å². The van der Waals surface area contributed by atoms with Gasteiger partial charge in [0.05, 0.1) is 0 Å². The van der Waals surface area contributed by atoms with Crippen LogP contribution < -0.4 is 0 Å². The van der Waals surface area contributed by atoms with Crippen molar-refractivity contribution in [3.05, 3.63) is 35.9 Å². The number of hydrogen-bond donors (Lipinski definition) is 1. The quantitative estimate of drug-likeness (QED) is 0.408. The van der Waals surface area contributed by atoms with E-state index in [1.807, 2.05) is 0 Å². The summed E-state index contributed by atoms with van der Waals surface area (Å²) in [5.74, 6) is 3.53. The van der Waals surface area contributed by atoms with E-state index in [0.717, 1.165) is 5.75 Å². The molecule has 0 nitrogen and oxygen atoms in total. The molecule has 1 rings (SSSR count). The average molecular weight is 283 g/mol. The van der Waals surface area contributed by atoms with Crippen molar-refractivity contribution in [2.75, 3.05) is 11.5 Å². The third kappa shape index (κ3) is 8.93. The smallest absolute Gasteiger partial charge is 0.0184 e. The van der Waals surface area contributed by atoms with Crippen LogP contribution in [-0.2, 0) is 5.75 Å². The Morgan fingerprint density at radius 2 is 1.39 bits per heavy atom. The molecule has 0 spiro atoms. The predicted molar refractivity (Wildman–Crippen MR) is 88.8 cm³/mol. The summed E-state index contributed by atoms with van der Waals surface area (Å²) in [5, 5.41) is 0. The molecule has 0 aliphatic carbocycles. The molecule has 0 unspecified atom stereocenters. The molecular weight excluding hydrogens is 256 g/mol. The summed E-state index contributed by atoms with van der Waals surface area (Å²) in [5.41, 5.74) is 1.45. The molecule has 102 valence electrons. The van der Waals surface area contributed by atoms with Crippen LogP contribution in [0.2, 0.25) is 0 Å². The zero-order valence-electron chi connectivity index (χ0n) is 11.3. The van der Waals surface area contributed by atoms with Crippen LogP contribution in [0.5, 0.6) is 0 Å². The maximum Gasteiger partial charge on any atom is 0.0184 e. The Labute approximate surface area is 122 Å². The second kappa shape index (κ2) is 12.0. The van der Waals surface area contributed by atoms with E-state index >= 15 is 0 Å². The molecular formula is C16H26S2. The fraction of sp³-hybridized carbons (Fsp3) is 0.625. The lowest BCUT2D eigenvalue weighted by Crippen LogP contribution is -1.85. The minimum atomic E-state index is 1.05. The van der Waals surface area contributed by atoms with Gasteiger partial charge < -0.3 is 0 Å². The molecule has 18 heavy (non-hydrogen) atoms. The summed E-state index contributed by atoms with van der Waals surface area (Å²) in [4.78, 5) is 0. The van der Waals surface area contributed by atoms with E-state index in [1.165, 1.54) is 62.0 Å². The van der Waals surface area contributed by atoms with E-state index in [1.54, 1.807) is 0 Å². The van der Waals surface area contributed by atoms with Gasteiger partial charge in [0.1, 0.15) is 0 Å². The van der Waals surface area contributed by atoms with Gasteiger partial charge in [-0.05, 0) is 29.9 Å². The highest BCUT2D eigenvalue weighted by Crippen LogP contribution is 2.15. The molecule has 0 aromatic heterocycles. The molecule has 2 heteroatoms. The van der Waals surface area contributed by atoms with Crippen LogP contribution in [0.3, 0.4) is 0 Å². The molecule has 0 saturated heterocycles. The maximum absolute atomic E-state index is 4.23. The first kappa shape index (κ1) is 16.0. The number of unbranched alkanes of at least 4 members (excludes halogenated alkanes) is 6. The van der Waals surface area contributed by atoms with E-state index < -0.39 is 0 Å². The topological polar surface area (TPSA) is 0 Å².